The Kier molecular flexibility index (Phi) is 11.9. The summed E-state index contributed by atoms with van der Waals surface area (Å²) in [6, 6.07) is 19.5. The molecule has 0 aliphatic rings. The Balaban J connectivity index is 1.88. The Bertz CT molecular complexity index is 1190. The number of benzene rings is 3. The van der Waals surface area contributed by atoms with Gasteiger partial charge in [-0.3, -0.25) is 9.59 Å². The lowest BCUT2D eigenvalue weighted by molar-refractivity contribution is -0.139. The summed E-state index contributed by atoms with van der Waals surface area (Å²) in [4.78, 5) is 28.6. The van der Waals surface area contributed by atoms with Crippen LogP contribution in [0.4, 0.5) is 0 Å². The molecule has 0 unspecified atom stereocenters. The zero-order valence-corrected chi connectivity index (χ0v) is 24.2. The van der Waals surface area contributed by atoms with Crippen molar-refractivity contribution in [2.75, 3.05) is 12.3 Å². The second-order valence-electron chi connectivity index (χ2n) is 8.46. The summed E-state index contributed by atoms with van der Waals surface area (Å²) in [5.41, 5.74) is 2.51. The molecule has 1 N–H and O–H groups in total. The first-order valence-corrected chi connectivity index (χ1v) is 14.5. The van der Waals surface area contributed by atoms with E-state index in [1.807, 2.05) is 43.3 Å². The van der Waals surface area contributed by atoms with Gasteiger partial charge in [-0.1, -0.05) is 95.8 Å². The maximum atomic E-state index is 13.7. The molecule has 37 heavy (non-hydrogen) atoms. The molecule has 3 rings (SSSR count). The highest BCUT2D eigenvalue weighted by Crippen LogP contribution is 2.28. The highest BCUT2D eigenvalue weighted by Gasteiger charge is 2.31. The minimum absolute atomic E-state index is 0.113. The summed E-state index contributed by atoms with van der Waals surface area (Å²) in [5, 5.41) is 4.81. The van der Waals surface area contributed by atoms with Crippen LogP contribution in [0.2, 0.25) is 20.1 Å². The van der Waals surface area contributed by atoms with Crippen LogP contribution in [0.5, 0.6) is 0 Å². The van der Waals surface area contributed by atoms with E-state index in [9.17, 15) is 9.59 Å². The fraction of sp³-hybridized carbons (Fsp3) is 0.286. The van der Waals surface area contributed by atoms with Gasteiger partial charge in [0, 0.05) is 40.9 Å². The van der Waals surface area contributed by atoms with Crippen molar-refractivity contribution in [3.63, 3.8) is 0 Å². The molecule has 9 heteroatoms. The number of halogens is 4. The number of carbonyl (C=O) groups is 2. The van der Waals surface area contributed by atoms with Crippen LogP contribution in [-0.4, -0.2) is 35.1 Å². The molecule has 3 aromatic carbocycles. The predicted octanol–water partition coefficient (Wildman–Crippen LogP) is 7.70. The van der Waals surface area contributed by atoms with E-state index in [1.165, 1.54) is 11.8 Å². The monoisotopic (exact) mass is 596 g/mol. The molecule has 2 amide bonds. The van der Waals surface area contributed by atoms with E-state index < -0.39 is 6.04 Å². The normalized spacial score (nSPS) is 11.7. The Morgan fingerprint density at radius 2 is 1.57 bits per heavy atom. The standard InChI is InChI=1S/C28H28Cl4N2O2S/c1-2-13-33-28(36)26(15-19-7-4-3-5-8-19)34(16-21-22(29)9-6-10-23(21)30)27(35)18-37-17-20-11-12-24(31)25(32)14-20/h3-12,14,26H,2,13,15-18H2,1H3,(H,33,36)/t26-/m1/s1. The molecule has 3 aromatic rings. The van der Waals surface area contributed by atoms with Gasteiger partial charge in [-0.15, -0.1) is 11.8 Å². The van der Waals surface area contributed by atoms with Crippen LogP contribution in [-0.2, 0) is 28.3 Å². The van der Waals surface area contributed by atoms with Crippen molar-refractivity contribution in [2.45, 2.75) is 38.1 Å². The summed E-state index contributed by atoms with van der Waals surface area (Å²) >= 11 is 26.5. The van der Waals surface area contributed by atoms with Gasteiger partial charge in [0.05, 0.1) is 15.8 Å². The van der Waals surface area contributed by atoms with E-state index in [0.29, 0.717) is 44.4 Å². The van der Waals surface area contributed by atoms with E-state index in [0.717, 1.165) is 17.5 Å². The minimum Gasteiger partial charge on any atom is -0.354 e. The van der Waals surface area contributed by atoms with Crippen molar-refractivity contribution in [3.05, 3.63) is 104 Å². The van der Waals surface area contributed by atoms with Crippen LogP contribution < -0.4 is 5.32 Å². The van der Waals surface area contributed by atoms with E-state index in [1.54, 1.807) is 35.2 Å². The number of amides is 2. The van der Waals surface area contributed by atoms with Crippen LogP contribution in [0.3, 0.4) is 0 Å². The number of nitrogens with zero attached hydrogens (tertiary/aromatic N) is 1. The fourth-order valence-electron chi connectivity index (χ4n) is 3.74. The highest BCUT2D eigenvalue weighted by molar-refractivity contribution is 7.99. The summed E-state index contributed by atoms with van der Waals surface area (Å²) < 4.78 is 0. The first-order chi connectivity index (χ1) is 17.8. The maximum Gasteiger partial charge on any atom is 0.243 e. The molecular formula is C28H28Cl4N2O2S. The molecule has 4 nitrogen and oxygen atoms in total. The highest BCUT2D eigenvalue weighted by atomic mass is 35.5. The topological polar surface area (TPSA) is 49.4 Å². The Morgan fingerprint density at radius 3 is 2.22 bits per heavy atom. The third-order valence-corrected chi connectivity index (χ3v) is 8.12. The molecule has 1 atom stereocenters. The fourth-order valence-corrected chi connectivity index (χ4v) is 5.44. The van der Waals surface area contributed by atoms with E-state index >= 15 is 0 Å². The smallest absolute Gasteiger partial charge is 0.243 e. The van der Waals surface area contributed by atoms with Crippen LogP contribution in [0, 0.1) is 0 Å². The van der Waals surface area contributed by atoms with Crippen molar-refractivity contribution in [1.29, 1.82) is 0 Å². The van der Waals surface area contributed by atoms with E-state index in [2.05, 4.69) is 5.32 Å². The molecule has 0 spiro atoms. The zero-order valence-electron chi connectivity index (χ0n) is 20.4. The maximum absolute atomic E-state index is 13.7. The van der Waals surface area contributed by atoms with Gasteiger partial charge in [0.1, 0.15) is 6.04 Å². The van der Waals surface area contributed by atoms with E-state index in [4.69, 9.17) is 46.4 Å². The second-order valence-corrected chi connectivity index (χ2v) is 11.1. The summed E-state index contributed by atoms with van der Waals surface area (Å²) in [6.45, 7) is 2.62. The number of hydrogen-bond acceptors (Lipinski definition) is 3. The van der Waals surface area contributed by atoms with Gasteiger partial charge in [-0.05, 0) is 41.8 Å². The quantitative estimate of drug-likeness (QED) is 0.233. The van der Waals surface area contributed by atoms with Gasteiger partial charge in [-0.25, -0.2) is 0 Å². The average molecular weight is 598 g/mol. The molecule has 196 valence electrons. The molecule has 0 aromatic heterocycles. The van der Waals surface area contributed by atoms with Crippen molar-refractivity contribution in [1.82, 2.24) is 10.2 Å². The second kappa shape index (κ2) is 14.9. The van der Waals surface area contributed by atoms with Crippen LogP contribution in [0.1, 0.15) is 30.0 Å². The zero-order chi connectivity index (χ0) is 26.8. The van der Waals surface area contributed by atoms with Gasteiger partial charge in [-0.2, -0.15) is 0 Å². The number of nitrogens with one attached hydrogen (secondary N) is 1. The van der Waals surface area contributed by atoms with Crippen molar-refractivity contribution >= 4 is 70.0 Å². The third kappa shape index (κ3) is 8.83. The summed E-state index contributed by atoms with van der Waals surface area (Å²) in [7, 11) is 0. The lowest BCUT2D eigenvalue weighted by Gasteiger charge is -2.32. The number of carbonyl (C=O) groups excluding carboxylic acids is 2. The van der Waals surface area contributed by atoms with Gasteiger partial charge in [0.25, 0.3) is 0 Å². The Hall–Kier alpha value is -1.89. The first-order valence-electron chi connectivity index (χ1n) is 11.9. The Morgan fingerprint density at radius 1 is 0.865 bits per heavy atom. The van der Waals surface area contributed by atoms with Gasteiger partial charge in [0.15, 0.2) is 0 Å². The van der Waals surface area contributed by atoms with Gasteiger partial charge >= 0.3 is 0 Å². The van der Waals surface area contributed by atoms with Gasteiger partial charge in [0.2, 0.25) is 11.8 Å². The van der Waals surface area contributed by atoms with Crippen LogP contribution >= 0.6 is 58.2 Å². The van der Waals surface area contributed by atoms with Gasteiger partial charge < -0.3 is 10.2 Å². The SMILES string of the molecule is CCCNC(=O)[C@@H](Cc1ccccc1)N(Cc1c(Cl)cccc1Cl)C(=O)CSCc1ccc(Cl)c(Cl)c1. The molecule has 0 radical (unpaired) electrons. The number of hydrogen-bond donors (Lipinski definition) is 1. The van der Waals surface area contributed by atoms with Crippen molar-refractivity contribution in [3.8, 4) is 0 Å². The van der Waals surface area contributed by atoms with Crippen LogP contribution in [0.15, 0.2) is 66.7 Å². The van der Waals surface area contributed by atoms with Crippen molar-refractivity contribution in [2.24, 2.45) is 0 Å². The minimum atomic E-state index is -0.737. The molecule has 0 heterocycles. The predicted molar refractivity (Wildman–Crippen MR) is 157 cm³/mol. The Labute approximate surface area is 242 Å². The summed E-state index contributed by atoms with van der Waals surface area (Å²) in [6.07, 6.45) is 1.15. The average Bonchev–Trinajstić information content (AvgIpc) is 2.88. The first kappa shape index (κ1) is 29.7. The molecule has 0 aliphatic heterocycles. The molecule has 0 fully saturated rings. The van der Waals surface area contributed by atoms with Crippen LogP contribution in [0.25, 0.3) is 0 Å². The largest absolute Gasteiger partial charge is 0.354 e. The van der Waals surface area contributed by atoms with Crippen molar-refractivity contribution < 1.29 is 9.59 Å². The third-order valence-electron chi connectivity index (χ3n) is 5.69. The molecular weight excluding hydrogens is 570 g/mol. The molecule has 0 saturated heterocycles. The number of rotatable bonds is 12. The lowest BCUT2D eigenvalue weighted by Crippen LogP contribution is -2.51. The molecule has 0 saturated carbocycles. The molecule has 0 aliphatic carbocycles. The lowest BCUT2D eigenvalue weighted by atomic mass is 10.0. The molecule has 0 bridgehead atoms. The van der Waals surface area contributed by atoms with E-state index in [-0.39, 0.29) is 24.1 Å². The summed E-state index contributed by atoms with van der Waals surface area (Å²) in [5.74, 6) is 0.328. The number of thioether (sulfide) groups is 1.